The van der Waals surface area contributed by atoms with Crippen molar-refractivity contribution in [1.82, 2.24) is 19.1 Å². The van der Waals surface area contributed by atoms with Crippen molar-refractivity contribution in [3.8, 4) is 45.0 Å². The van der Waals surface area contributed by atoms with E-state index in [-0.39, 0.29) is 0 Å². The Morgan fingerprint density at radius 3 is 1.64 bits per heavy atom. The second-order valence-electron chi connectivity index (χ2n) is 15.7. The topological polar surface area (TPSA) is 35.6 Å². The van der Waals surface area contributed by atoms with Gasteiger partial charge in [-0.1, -0.05) is 83.9 Å². The van der Waals surface area contributed by atoms with Gasteiger partial charge >= 0.3 is 0 Å². The van der Waals surface area contributed by atoms with Crippen molar-refractivity contribution in [2.75, 3.05) is 0 Å². The van der Waals surface area contributed by atoms with Gasteiger partial charge in [0.25, 0.3) is 0 Å². The van der Waals surface area contributed by atoms with Gasteiger partial charge in [0.2, 0.25) is 0 Å². The second kappa shape index (κ2) is 12.4. The van der Waals surface area contributed by atoms with Crippen molar-refractivity contribution in [2.24, 2.45) is 0 Å². The van der Waals surface area contributed by atoms with Crippen LogP contribution in [-0.2, 0) is 12.8 Å². The Hall–Kier alpha value is -6.78. The highest BCUT2D eigenvalue weighted by molar-refractivity contribution is 6.15. The zero-order chi connectivity index (χ0) is 37.7. The molecule has 11 rings (SSSR count). The number of nitrogens with zero attached hydrogens (tertiary/aromatic N) is 4. The number of aromatic nitrogens is 4. The van der Waals surface area contributed by atoms with E-state index in [0.29, 0.717) is 0 Å². The first kappa shape index (κ1) is 32.6. The summed E-state index contributed by atoms with van der Waals surface area (Å²) in [5.41, 5.74) is 20.3. The van der Waals surface area contributed by atoms with Gasteiger partial charge in [0, 0.05) is 33.9 Å². The van der Waals surface area contributed by atoms with Crippen LogP contribution < -0.4 is 0 Å². The average Bonchev–Trinajstić information content (AvgIpc) is 3.74. The minimum Gasteiger partial charge on any atom is -0.294 e. The summed E-state index contributed by atoms with van der Waals surface area (Å²) in [7, 11) is 0. The van der Waals surface area contributed by atoms with Gasteiger partial charge in [-0.15, -0.1) is 0 Å². The van der Waals surface area contributed by atoms with Crippen LogP contribution in [0.15, 0.2) is 146 Å². The first-order chi connectivity index (χ1) is 27.4. The van der Waals surface area contributed by atoms with Crippen LogP contribution in [0.25, 0.3) is 88.6 Å². The summed E-state index contributed by atoms with van der Waals surface area (Å²) in [6.07, 6.45) is 5.71. The van der Waals surface area contributed by atoms with Gasteiger partial charge in [-0.2, -0.15) is 0 Å². The molecule has 4 aromatic heterocycles. The number of fused-ring (bicyclic) bond motifs is 10. The normalized spacial score (nSPS) is 12.5. The highest BCUT2D eigenvalue weighted by atomic mass is 15.1. The van der Waals surface area contributed by atoms with E-state index in [9.17, 15) is 0 Å². The lowest BCUT2D eigenvalue weighted by Gasteiger charge is -2.22. The molecule has 1 aliphatic carbocycles. The van der Waals surface area contributed by atoms with E-state index in [1.54, 1.807) is 0 Å². The molecule has 0 N–H and O–H groups in total. The molecule has 10 aromatic rings. The maximum atomic E-state index is 4.92. The number of hydrogen-bond donors (Lipinski definition) is 0. The average molecular weight is 721 g/mol. The summed E-state index contributed by atoms with van der Waals surface area (Å²) >= 11 is 0. The molecule has 4 heteroatoms. The third kappa shape index (κ3) is 4.92. The van der Waals surface area contributed by atoms with Gasteiger partial charge in [-0.3, -0.25) is 9.13 Å². The van der Waals surface area contributed by atoms with E-state index in [2.05, 4.69) is 158 Å². The van der Waals surface area contributed by atoms with Crippen LogP contribution in [0.3, 0.4) is 0 Å². The Morgan fingerprint density at radius 2 is 1.02 bits per heavy atom. The Bertz CT molecular complexity index is 3160. The van der Waals surface area contributed by atoms with Crippen molar-refractivity contribution in [3.05, 3.63) is 179 Å². The molecule has 4 heterocycles. The van der Waals surface area contributed by atoms with Crippen LogP contribution in [-0.4, -0.2) is 19.1 Å². The van der Waals surface area contributed by atoms with Gasteiger partial charge in [0.1, 0.15) is 11.6 Å². The van der Waals surface area contributed by atoms with E-state index >= 15 is 0 Å². The summed E-state index contributed by atoms with van der Waals surface area (Å²) in [4.78, 5) is 9.81. The Labute approximate surface area is 326 Å². The van der Waals surface area contributed by atoms with Gasteiger partial charge in [0.15, 0.2) is 0 Å². The molecule has 6 aromatic carbocycles. The smallest absolute Gasteiger partial charge is 0.137 e. The fourth-order valence-corrected chi connectivity index (χ4v) is 9.39. The van der Waals surface area contributed by atoms with Crippen LogP contribution >= 0.6 is 0 Å². The molecule has 268 valence electrons. The molecule has 0 spiro atoms. The molecule has 0 fully saturated rings. The molecular formula is C52H40N4. The number of hydrogen-bond acceptors (Lipinski definition) is 2. The SMILES string of the molecule is Cc1ccc(C)c(-c2ccc3c(c2)c2cc4c(cc2n3-c2ccccn2)-c2ccc3c5cc(-c6cc(C)ccc6C)ccc5n(-c5ccccn5)c3c2CC4)c1. The van der Waals surface area contributed by atoms with Crippen LogP contribution in [0.2, 0.25) is 0 Å². The van der Waals surface area contributed by atoms with Crippen molar-refractivity contribution in [2.45, 2.75) is 40.5 Å². The quantitative estimate of drug-likeness (QED) is 0.181. The minimum atomic E-state index is 0.924. The zero-order valence-corrected chi connectivity index (χ0v) is 32.1. The Morgan fingerprint density at radius 1 is 0.429 bits per heavy atom. The van der Waals surface area contributed by atoms with E-state index in [4.69, 9.17) is 9.97 Å². The molecule has 0 unspecified atom stereocenters. The van der Waals surface area contributed by atoms with Crippen molar-refractivity contribution in [3.63, 3.8) is 0 Å². The van der Waals surface area contributed by atoms with Gasteiger partial charge < -0.3 is 0 Å². The first-order valence-corrected chi connectivity index (χ1v) is 19.6. The van der Waals surface area contributed by atoms with Gasteiger partial charge in [-0.05, 0) is 157 Å². The molecule has 0 radical (unpaired) electrons. The molecule has 56 heavy (non-hydrogen) atoms. The first-order valence-electron chi connectivity index (χ1n) is 19.6. The summed E-state index contributed by atoms with van der Waals surface area (Å²) in [5, 5.41) is 5.04. The minimum absolute atomic E-state index is 0.924. The molecule has 0 aliphatic heterocycles. The monoisotopic (exact) mass is 720 g/mol. The molecule has 0 bridgehead atoms. The molecule has 0 amide bonds. The van der Waals surface area contributed by atoms with E-state index in [1.165, 1.54) is 110 Å². The molecule has 0 atom stereocenters. The zero-order valence-electron chi connectivity index (χ0n) is 32.1. The second-order valence-corrected chi connectivity index (χ2v) is 15.7. The number of benzene rings is 6. The summed E-state index contributed by atoms with van der Waals surface area (Å²) in [6, 6.07) is 49.4. The fraction of sp³-hybridized carbons (Fsp3) is 0.115. The standard InChI is InChI=1S/C52H40N4/c1-31-11-13-33(3)41(25-31)35-17-22-48-44(27-35)40-20-19-38-39(52(40)56(48)51-10-6-8-24-54-51)18-15-37-29-46-45-28-36(42-26-32(2)12-14-34(42)4)16-21-47(45)55(49(46)30-43(37)38)50-9-5-7-23-53-50/h5-14,16-17,19-30H,15,18H2,1-4H3. The summed E-state index contributed by atoms with van der Waals surface area (Å²) < 4.78 is 4.75. The summed E-state index contributed by atoms with van der Waals surface area (Å²) in [6.45, 7) is 8.76. The maximum Gasteiger partial charge on any atom is 0.137 e. The number of rotatable bonds is 4. The highest BCUT2D eigenvalue weighted by Gasteiger charge is 2.26. The van der Waals surface area contributed by atoms with Crippen LogP contribution in [0, 0.1) is 27.7 Å². The Kier molecular flexibility index (Phi) is 7.21. The molecular weight excluding hydrogens is 681 g/mol. The predicted octanol–water partition coefficient (Wildman–Crippen LogP) is 13.0. The molecule has 4 nitrogen and oxygen atoms in total. The highest BCUT2D eigenvalue weighted by Crippen LogP contribution is 2.46. The van der Waals surface area contributed by atoms with Crippen molar-refractivity contribution < 1.29 is 0 Å². The third-order valence-electron chi connectivity index (χ3n) is 12.1. The van der Waals surface area contributed by atoms with Crippen molar-refractivity contribution in [1.29, 1.82) is 0 Å². The largest absolute Gasteiger partial charge is 0.294 e. The fourth-order valence-electron chi connectivity index (χ4n) is 9.39. The van der Waals surface area contributed by atoms with Crippen LogP contribution in [0.4, 0.5) is 0 Å². The molecule has 0 saturated carbocycles. The predicted molar refractivity (Wildman–Crippen MR) is 233 cm³/mol. The maximum absolute atomic E-state index is 4.92. The van der Waals surface area contributed by atoms with E-state index in [0.717, 1.165) is 24.5 Å². The van der Waals surface area contributed by atoms with Gasteiger partial charge in [-0.25, -0.2) is 9.97 Å². The number of aryl methyl sites for hydroxylation is 6. The van der Waals surface area contributed by atoms with E-state index < -0.39 is 0 Å². The number of pyridine rings is 2. The van der Waals surface area contributed by atoms with Gasteiger partial charge in [0.05, 0.1) is 22.1 Å². The Balaban J connectivity index is 1.17. The third-order valence-corrected chi connectivity index (χ3v) is 12.1. The lowest BCUT2D eigenvalue weighted by Crippen LogP contribution is -2.07. The lowest BCUT2D eigenvalue weighted by atomic mass is 9.83. The lowest BCUT2D eigenvalue weighted by molar-refractivity contribution is 0.941. The van der Waals surface area contributed by atoms with Crippen LogP contribution in [0.5, 0.6) is 0 Å². The van der Waals surface area contributed by atoms with Crippen molar-refractivity contribution >= 4 is 43.6 Å². The van der Waals surface area contributed by atoms with Crippen LogP contribution in [0.1, 0.15) is 33.4 Å². The molecule has 1 aliphatic rings. The van der Waals surface area contributed by atoms with E-state index in [1.807, 2.05) is 24.5 Å². The molecule has 0 saturated heterocycles. The summed E-state index contributed by atoms with van der Waals surface area (Å²) in [5.74, 6) is 1.87.